The molecule has 1 aromatic carbocycles. The van der Waals surface area contributed by atoms with Gasteiger partial charge in [-0.2, -0.15) is 0 Å². The lowest BCUT2D eigenvalue weighted by Crippen LogP contribution is -2.58. The first-order valence-electron chi connectivity index (χ1n) is 6.53. The molecule has 1 unspecified atom stereocenters. The number of imide groups is 1. The van der Waals surface area contributed by atoms with E-state index in [1.165, 1.54) is 12.1 Å². The molecule has 1 aliphatic rings. The number of hydrogen-bond acceptors (Lipinski definition) is 6. The van der Waals surface area contributed by atoms with Crippen molar-refractivity contribution in [2.75, 3.05) is 23.8 Å². The summed E-state index contributed by atoms with van der Waals surface area (Å²) in [6, 6.07) is 3.93. The van der Waals surface area contributed by atoms with Crippen molar-refractivity contribution in [3.63, 3.8) is 0 Å². The summed E-state index contributed by atoms with van der Waals surface area (Å²) < 4.78 is 0. The highest BCUT2D eigenvalue weighted by atomic mass is 16.6. The Morgan fingerprint density at radius 1 is 1.43 bits per heavy atom. The fourth-order valence-electron chi connectivity index (χ4n) is 2.35. The van der Waals surface area contributed by atoms with E-state index in [-0.39, 0.29) is 18.1 Å². The van der Waals surface area contributed by atoms with Gasteiger partial charge in [-0.15, -0.1) is 0 Å². The highest BCUT2D eigenvalue weighted by molar-refractivity contribution is 6.04. The predicted molar refractivity (Wildman–Crippen MR) is 77.2 cm³/mol. The molecule has 1 aliphatic heterocycles. The summed E-state index contributed by atoms with van der Waals surface area (Å²) in [5.41, 5.74) is 0.932. The van der Waals surface area contributed by atoms with E-state index in [1.807, 2.05) is 6.92 Å². The van der Waals surface area contributed by atoms with Crippen LogP contribution in [0, 0.1) is 10.1 Å². The van der Waals surface area contributed by atoms with Crippen LogP contribution in [0.3, 0.4) is 0 Å². The summed E-state index contributed by atoms with van der Waals surface area (Å²) in [6.45, 7) is 1.82. The van der Waals surface area contributed by atoms with Crippen molar-refractivity contribution >= 4 is 28.9 Å². The number of nitrogens with one attached hydrogen (secondary N) is 2. The minimum atomic E-state index is -0.519. The molecule has 1 aromatic rings. The average Bonchev–Trinajstić information content (AvgIpc) is 2.45. The lowest BCUT2D eigenvalue weighted by molar-refractivity contribution is -0.384. The molecule has 0 radical (unpaired) electrons. The van der Waals surface area contributed by atoms with Crippen molar-refractivity contribution in [2.24, 2.45) is 0 Å². The summed E-state index contributed by atoms with van der Waals surface area (Å²) in [7, 11) is 1.65. The molecule has 21 heavy (non-hydrogen) atoms. The van der Waals surface area contributed by atoms with Gasteiger partial charge in [0, 0.05) is 30.6 Å². The zero-order valence-corrected chi connectivity index (χ0v) is 11.8. The fourth-order valence-corrected chi connectivity index (χ4v) is 2.35. The van der Waals surface area contributed by atoms with Gasteiger partial charge >= 0.3 is 0 Å². The molecule has 112 valence electrons. The van der Waals surface area contributed by atoms with E-state index >= 15 is 0 Å². The van der Waals surface area contributed by atoms with Crippen molar-refractivity contribution in [3.05, 3.63) is 28.3 Å². The topological polar surface area (TPSA) is 105 Å². The second kappa shape index (κ2) is 5.78. The first-order chi connectivity index (χ1) is 9.96. The maximum atomic E-state index is 11.9. The Kier molecular flexibility index (Phi) is 4.06. The van der Waals surface area contributed by atoms with Gasteiger partial charge in [0.2, 0.25) is 11.8 Å². The molecule has 2 rings (SSSR count). The minimum Gasteiger partial charge on any atom is -0.388 e. The predicted octanol–water partition coefficient (Wildman–Crippen LogP) is 0.878. The molecule has 0 saturated carbocycles. The summed E-state index contributed by atoms with van der Waals surface area (Å²) in [5, 5.41) is 16.1. The zero-order valence-electron chi connectivity index (χ0n) is 11.8. The molecule has 8 nitrogen and oxygen atoms in total. The molecular formula is C13H16N4O4. The van der Waals surface area contributed by atoms with Crippen LogP contribution < -0.4 is 15.5 Å². The van der Waals surface area contributed by atoms with Crippen LogP contribution in [0.5, 0.6) is 0 Å². The van der Waals surface area contributed by atoms with Gasteiger partial charge in [0.25, 0.3) is 5.69 Å². The van der Waals surface area contributed by atoms with Crippen molar-refractivity contribution < 1.29 is 14.5 Å². The SMILES string of the molecule is CCC1C(=O)NC(=O)CN1c1cc(NC)cc([N+](=O)[O-])c1. The van der Waals surface area contributed by atoms with Crippen LogP contribution in [0.4, 0.5) is 17.1 Å². The summed E-state index contributed by atoms with van der Waals surface area (Å²) in [6.07, 6.45) is 0.497. The van der Waals surface area contributed by atoms with Crippen LogP contribution in [0.1, 0.15) is 13.3 Å². The lowest BCUT2D eigenvalue weighted by Gasteiger charge is -2.35. The molecule has 0 bridgehead atoms. The van der Waals surface area contributed by atoms with Gasteiger partial charge in [0.15, 0.2) is 0 Å². The fraction of sp³-hybridized carbons (Fsp3) is 0.385. The average molecular weight is 292 g/mol. The van der Waals surface area contributed by atoms with Gasteiger partial charge in [-0.25, -0.2) is 0 Å². The summed E-state index contributed by atoms with van der Waals surface area (Å²) >= 11 is 0. The molecule has 1 saturated heterocycles. The molecule has 0 spiro atoms. The normalized spacial score (nSPS) is 18.4. The maximum Gasteiger partial charge on any atom is 0.273 e. The number of carbonyl (C=O) groups excluding carboxylic acids is 2. The summed E-state index contributed by atoms with van der Waals surface area (Å²) in [5.74, 6) is -0.798. The van der Waals surface area contributed by atoms with E-state index in [9.17, 15) is 19.7 Å². The maximum absolute atomic E-state index is 11.9. The second-order valence-electron chi connectivity index (χ2n) is 4.71. The number of nitro benzene ring substituents is 1. The van der Waals surface area contributed by atoms with E-state index in [0.717, 1.165) is 0 Å². The minimum absolute atomic E-state index is 0.00539. The molecule has 1 atom stereocenters. The van der Waals surface area contributed by atoms with Gasteiger partial charge in [0.05, 0.1) is 11.5 Å². The number of carbonyl (C=O) groups is 2. The lowest BCUT2D eigenvalue weighted by atomic mass is 10.1. The number of nitro groups is 1. The molecular weight excluding hydrogens is 276 g/mol. The van der Waals surface area contributed by atoms with E-state index in [2.05, 4.69) is 10.6 Å². The Labute approximate surface area is 121 Å². The number of hydrogen-bond donors (Lipinski definition) is 2. The molecule has 1 fully saturated rings. The van der Waals surface area contributed by atoms with Crippen molar-refractivity contribution in [3.8, 4) is 0 Å². The quantitative estimate of drug-likeness (QED) is 0.485. The number of anilines is 2. The van der Waals surface area contributed by atoms with E-state index in [1.54, 1.807) is 18.0 Å². The van der Waals surface area contributed by atoms with Crippen molar-refractivity contribution in [2.45, 2.75) is 19.4 Å². The van der Waals surface area contributed by atoms with Crippen LogP contribution in [0.2, 0.25) is 0 Å². The number of amides is 2. The number of rotatable bonds is 4. The zero-order chi connectivity index (χ0) is 15.6. The molecule has 0 aliphatic carbocycles. The Morgan fingerprint density at radius 3 is 2.71 bits per heavy atom. The number of benzene rings is 1. The largest absolute Gasteiger partial charge is 0.388 e. The Bertz CT molecular complexity index is 602. The van der Waals surface area contributed by atoms with Gasteiger partial charge in [-0.05, 0) is 12.5 Å². The van der Waals surface area contributed by atoms with Crippen molar-refractivity contribution in [1.29, 1.82) is 0 Å². The number of piperazine rings is 1. The first-order valence-corrected chi connectivity index (χ1v) is 6.53. The van der Waals surface area contributed by atoms with Gasteiger partial charge in [-0.1, -0.05) is 6.92 Å². The molecule has 2 N–H and O–H groups in total. The second-order valence-corrected chi connectivity index (χ2v) is 4.71. The third-order valence-corrected chi connectivity index (χ3v) is 3.38. The first kappa shape index (κ1) is 14.8. The van der Waals surface area contributed by atoms with E-state index in [4.69, 9.17) is 0 Å². The van der Waals surface area contributed by atoms with Crippen molar-refractivity contribution in [1.82, 2.24) is 5.32 Å². The molecule has 0 aromatic heterocycles. The molecule has 1 heterocycles. The molecule has 2 amide bonds. The Balaban J connectivity index is 2.47. The van der Waals surface area contributed by atoms with E-state index in [0.29, 0.717) is 17.8 Å². The monoisotopic (exact) mass is 292 g/mol. The number of nitrogens with zero attached hydrogens (tertiary/aromatic N) is 2. The van der Waals surface area contributed by atoms with Gasteiger partial charge in [0.1, 0.15) is 6.04 Å². The van der Waals surface area contributed by atoms with Crippen LogP contribution in [0.25, 0.3) is 0 Å². The summed E-state index contributed by atoms with van der Waals surface area (Å²) in [4.78, 5) is 35.5. The van der Waals surface area contributed by atoms with Gasteiger partial charge < -0.3 is 10.2 Å². The highest BCUT2D eigenvalue weighted by Gasteiger charge is 2.33. The Hall–Kier alpha value is -2.64. The number of non-ortho nitro benzene ring substituents is 1. The Morgan fingerprint density at radius 2 is 2.14 bits per heavy atom. The van der Waals surface area contributed by atoms with Gasteiger partial charge in [-0.3, -0.25) is 25.0 Å². The third-order valence-electron chi connectivity index (χ3n) is 3.38. The highest BCUT2D eigenvalue weighted by Crippen LogP contribution is 2.29. The van der Waals surface area contributed by atoms with E-state index < -0.39 is 16.9 Å². The van der Waals surface area contributed by atoms with Crippen LogP contribution in [-0.2, 0) is 9.59 Å². The van der Waals surface area contributed by atoms with Crippen LogP contribution >= 0.6 is 0 Å². The third kappa shape index (κ3) is 2.93. The molecule has 8 heteroatoms. The van der Waals surface area contributed by atoms with Crippen LogP contribution in [-0.4, -0.2) is 36.4 Å². The standard InChI is InChI=1S/C13H16N4O4/c1-3-11-13(19)15-12(18)7-16(11)9-4-8(14-2)5-10(6-9)17(20)21/h4-6,11,14H,3,7H2,1-2H3,(H,15,18,19). The van der Waals surface area contributed by atoms with Crippen LogP contribution in [0.15, 0.2) is 18.2 Å². The smallest absolute Gasteiger partial charge is 0.273 e.